The molecule has 154 valence electrons. The standard InChI is InChI=1S/C27H23NO3/c28-23-15-13-18-12-14-20(16-22(18)26(23)27(29)30)31-24-11-5-9-19-8-4-10-21(25(19)24)17-6-2-1-3-7-17/h1-12,14,16,23,26H,13,15,28H2,(H,29,30). The van der Waals surface area contributed by atoms with Crippen molar-refractivity contribution in [2.24, 2.45) is 5.73 Å². The van der Waals surface area contributed by atoms with Gasteiger partial charge in [0.25, 0.3) is 0 Å². The number of aliphatic carboxylic acids is 1. The molecule has 0 spiro atoms. The maximum absolute atomic E-state index is 11.9. The van der Waals surface area contributed by atoms with Crippen LogP contribution in [0, 0.1) is 0 Å². The van der Waals surface area contributed by atoms with Crippen molar-refractivity contribution < 1.29 is 14.6 Å². The van der Waals surface area contributed by atoms with Crippen molar-refractivity contribution in [2.45, 2.75) is 24.8 Å². The Kier molecular flexibility index (Phi) is 4.92. The number of hydrogen-bond donors (Lipinski definition) is 2. The van der Waals surface area contributed by atoms with Crippen molar-refractivity contribution >= 4 is 16.7 Å². The summed E-state index contributed by atoms with van der Waals surface area (Å²) in [5.41, 5.74) is 10.1. The van der Waals surface area contributed by atoms with Gasteiger partial charge in [-0.15, -0.1) is 0 Å². The van der Waals surface area contributed by atoms with Crippen molar-refractivity contribution in [1.29, 1.82) is 0 Å². The molecule has 0 saturated heterocycles. The molecular formula is C27H23NO3. The van der Waals surface area contributed by atoms with Crippen LogP contribution in [0.2, 0.25) is 0 Å². The van der Waals surface area contributed by atoms with E-state index in [1.54, 1.807) is 0 Å². The van der Waals surface area contributed by atoms with Gasteiger partial charge in [0.05, 0.1) is 5.92 Å². The Balaban J connectivity index is 1.60. The fraction of sp³-hybridized carbons (Fsp3) is 0.148. The summed E-state index contributed by atoms with van der Waals surface area (Å²) in [6.45, 7) is 0. The van der Waals surface area contributed by atoms with Crippen molar-refractivity contribution in [3.8, 4) is 22.6 Å². The van der Waals surface area contributed by atoms with Gasteiger partial charge in [0.15, 0.2) is 0 Å². The highest BCUT2D eigenvalue weighted by atomic mass is 16.5. The van der Waals surface area contributed by atoms with Gasteiger partial charge in [-0.05, 0) is 58.7 Å². The van der Waals surface area contributed by atoms with Crippen LogP contribution in [0.25, 0.3) is 21.9 Å². The summed E-state index contributed by atoms with van der Waals surface area (Å²) in [6.07, 6.45) is 1.46. The monoisotopic (exact) mass is 409 g/mol. The molecule has 3 N–H and O–H groups in total. The Labute approximate surface area is 180 Å². The van der Waals surface area contributed by atoms with Crippen LogP contribution in [-0.2, 0) is 11.2 Å². The quantitative estimate of drug-likeness (QED) is 0.451. The second-order valence-corrected chi connectivity index (χ2v) is 8.01. The second-order valence-electron chi connectivity index (χ2n) is 8.01. The average Bonchev–Trinajstić information content (AvgIpc) is 2.79. The zero-order valence-corrected chi connectivity index (χ0v) is 17.0. The lowest BCUT2D eigenvalue weighted by atomic mass is 9.79. The first kappa shape index (κ1) is 19.3. The van der Waals surface area contributed by atoms with E-state index in [2.05, 4.69) is 30.3 Å². The maximum atomic E-state index is 11.9. The number of fused-ring (bicyclic) bond motifs is 2. The largest absolute Gasteiger partial charge is 0.481 e. The van der Waals surface area contributed by atoms with Gasteiger partial charge >= 0.3 is 5.97 Å². The molecule has 1 aliphatic rings. The van der Waals surface area contributed by atoms with Crippen LogP contribution in [0.4, 0.5) is 0 Å². The highest BCUT2D eigenvalue weighted by molar-refractivity contribution is 6.01. The van der Waals surface area contributed by atoms with Gasteiger partial charge in [0, 0.05) is 11.4 Å². The SMILES string of the molecule is NC1CCc2ccc(Oc3cccc4cccc(-c5ccccc5)c34)cc2C1C(=O)O. The minimum Gasteiger partial charge on any atom is -0.481 e. The first-order valence-electron chi connectivity index (χ1n) is 10.5. The summed E-state index contributed by atoms with van der Waals surface area (Å²) < 4.78 is 6.35. The van der Waals surface area contributed by atoms with Gasteiger partial charge in [0.2, 0.25) is 0 Å². The Hall–Kier alpha value is -3.63. The third kappa shape index (κ3) is 3.56. The lowest BCUT2D eigenvalue weighted by Gasteiger charge is -2.28. The number of carboxylic acid groups (broad SMARTS) is 1. The fourth-order valence-corrected chi connectivity index (χ4v) is 4.57. The minimum atomic E-state index is -0.887. The Bertz CT molecular complexity index is 1260. The van der Waals surface area contributed by atoms with Crippen LogP contribution in [0.3, 0.4) is 0 Å². The molecule has 0 radical (unpaired) electrons. The van der Waals surface area contributed by atoms with Crippen LogP contribution in [0.15, 0.2) is 84.9 Å². The summed E-state index contributed by atoms with van der Waals surface area (Å²) >= 11 is 0. The highest BCUT2D eigenvalue weighted by Crippen LogP contribution is 2.39. The van der Waals surface area contributed by atoms with E-state index in [0.717, 1.165) is 45.2 Å². The number of aryl methyl sites for hydroxylation is 1. The molecule has 0 aliphatic heterocycles. The topological polar surface area (TPSA) is 72.5 Å². The van der Waals surface area contributed by atoms with E-state index in [0.29, 0.717) is 12.2 Å². The average molecular weight is 409 g/mol. The van der Waals surface area contributed by atoms with E-state index >= 15 is 0 Å². The smallest absolute Gasteiger partial charge is 0.312 e. The zero-order valence-electron chi connectivity index (χ0n) is 17.0. The third-order valence-corrected chi connectivity index (χ3v) is 6.07. The van der Waals surface area contributed by atoms with E-state index in [-0.39, 0.29) is 6.04 Å². The highest BCUT2D eigenvalue weighted by Gasteiger charge is 2.33. The molecule has 4 aromatic rings. The molecule has 31 heavy (non-hydrogen) atoms. The molecule has 0 aromatic heterocycles. The molecule has 2 unspecified atom stereocenters. The molecule has 1 aliphatic carbocycles. The zero-order chi connectivity index (χ0) is 21.4. The van der Waals surface area contributed by atoms with Crippen LogP contribution in [-0.4, -0.2) is 17.1 Å². The second kappa shape index (κ2) is 7.89. The Morgan fingerprint density at radius 3 is 2.48 bits per heavy atom. The van der Waals surface area contributed by atoms with Gasteiger partial charge in [-0.1, -0.05) is 66.7 Å². The van der Waals surface area contributed by atoms with E-state index in [1.807, 2.05) is 54.6 Å². The molecule has 0 bridgehead atoms. The van der Waals surface area contributed by atoms with Crippen molar-refractivity contribution in [3.63, 3.8) is 0 Å². The van der Waals surface area contributed by atoms with Gasteiger partial charge in [-0.25, -0.2) is 0 Å². The number of carboxylic acids is 1. The van der Waals surface area contributed by atoms with Crippen LogP contribution in [0.1, 0.15) is 23.5 Å². The van der Waals surface area contributed by atoms with Crippen molar-refractivity contribution in [3.05, 3.63) is 96.1 Å². The lowest BCUT2D eigenvalue weighted by Crippen LogP contribution is -2.37. The van der Waals surface area contributed by atoms with Gasteiger partial charge in [-0.2, -0.15) is 0 Å². The van der Waals surface area contributed by atoms with Crippen LogP contribution in [0.5, 0.6) is 11.5 Å². The first-order chi connectivity index (χ1) is 15.1. The summed E-state index contributed by atoms with van der Waals surface area (Å²) in [4.78, 5) is 11.9. The summed E-state index contributed by atoms with van der Waals surface area (Å²) in [5.74, 6) is -0.236. The van der Waals surface area contributed by atoms with E-state index in [4.69, 9.17) is 10.5 Å². The molecule has 0 fully saturated rings. The third-order valence-electron chi connectivity index (χ3n) is 6.07. The van der Waals surface area contributed by atoms with Gasteiger partial charge < -0.3 is 15.6 Å². The predicted molar refractivity (Wildman–Crippen MR) is 123 cm³/mol. The molecular weight excluding hydrogens is 386 g/mol. The molecule has 4 heteroatoms. The normalized spacial score (nSPS) is 17.8. The number of nitrogens with two attached hydrogens (primary N) is 1. The lowest BCUT2D eigenvalue weighted by molar-refractivity contribution is -0.139. The number of rotatable bonds is 4. The summed E-state index contributed by atoms with van der Waals surface area (Å²) in [7, 11) is 0. The molecule has 4 nitrogen and oxygen atoms in total. The number of benzene rings is 4. The van der Waals surface area contributed by atoms with E-state index in [1.165, 1.54) is 0 Å². The molecule has 5 rings (SSSR count). The van der Waals surface area contributed by atoms with Gasteiger partial charge in [-0.3, -0.25) is 4.79 Å². The predicted octanol–water partition coefficient (Wildman–Crippen LogP) is 5.74. The van der Waals surface area contributed by atoms with E-state index in [9.17, 15) is 9.90 Å². The summed E-state index contributed by atoms with van der Waals surface area (Å²) in [5, 5.41) is 11.8. The van der Waals surface area contributed by atoms with Gasteiger partial charge in [0.1, 0.15) is 11.5 Å². The number of carbonyl (C=O) groups is 1. The molecule has 0 heterocycles. The number of ether oxygens (including phenoxy) is 1. The number of hydrogen-bond acceptors (Lipinski definition) is 3. The first-order valence-corrected chi connectivity index (χ1v) is 10.5. The minimum absolute atomic E-state index is 0.387. The summed E-state index contributed by atoms with van der Waals surface area (Å²) in [6, 6.07) is 27.8. The van der Waals surface area contributed by atoms with Crippen LogP contribution >= 0.6 is 0 Å². The fourth-order valence-electron chi connectivity index (χ4n) is 4.57. The van der Waals surface area contributed by atoms with Crippen LogP contribution < -0.4 is 10.5 Å². The van der Waals surface area contributed by atoms with Crippen molar-refractivity contribution in [1.82, 2.24) is 0 Å². The molecule has 2 atom stereocenters. The van der Waals surface area contributed by atoms with Crippen molar-refractivity contribution in [2.75, 3.05) is 0 Å². The Morgan fingerprint density at radius 2 is 1.71 bits per heavy atom. The Morgan fingerprint density at radius 1 is 0.935 bits per heavy atom. The molecule has 0 saturated carbocycles. The maximum Gasteiger partial charge on any atom is 0.312 e. The van der Waals surface area contributed by atoms with E-state index < -0.39 is 11.9 Å². The molecule has 4 aromatic carbocycles. The molecule has 0 amide bonds.